The monoisotopic (exact) mass is 276 g/mol. The van der Waals surface area contributed by atoms with E-state index >= 15 is 0 Å². The van der Waals surface area contributed by atoms with Crippen LogP contribution in [-0.4, -0.2) is 5.97 Å². The molecule has 0 bridgehead atoms. The average molecular weight is 276 g/mol. The molecule has 0 spiro atoms. The summed E-state index contributed by atoms with van der Waals surface area (Å²) in [7, 11) is 0. The summed E-state index contributed by atoms with van der Waals surface area (Å²) >= 11 is 0. The van der Waals surface area contributed by atoms with Gasteiger partial charge in [-0.25, -0.2) is 0 Å². The Morgan fingerprint density at radius 3 is 2.50 bits per heavy atom. The highest BCUT2D eigenvalue weighted by Gasteiger charge is 2.10. The Morgan fingerprint density at radius 2 is 1.80 bits per heavy atom. The van der Waals surface area contributed by atoms with E-state index in [-0.39, 0.29) is 5.97 Å². The second kappa shape index (κ2) is 10.5. The summed E-state index contributed by atoms with van der Waals surface area (Å²) < 4.78 is 5.30. The van der Waals surface area contributed by atoms with Gasteiger partial charge in [0.1, 0.15) is 6.61 Å². The molecule has 0 aliphatic carbocycles. The maximum atomic E-state index is 11.7. The van der Waals surface area contributed by atoms with Gasteiger partial charge in [0.2, 0.25) is 0 Å². The fourth-order valence-corrected chi connectivity index (χ4v) is 2.28. The van der Waals surface area contributed by atoms with Crippen molar-refractivity contribution in [1.29, 1.82) is 0 Å². The van der Waals surface area contributed by atoms with Gasteiger partial charge in [0, 0.05) is 6.42 Å². The number of carbonyl (C=O) groups excluding carboxylic acids is 1. The Kier molecular flexibility index (Phi) is 8.77. The largest absolute Gasteiger partial charge is 0.461 e. The normalized spacial score (nSPS) is 12.1. The Morgan fingerprint density at radius 1 is 1.10 bits per heavy atom. The summed E-state index contributed by atoms with van der Waals surface area (Å²) in [5.74, 6) is 0.356. The first-order valence-corrected chi connectivity index (χ1v) is 7.92. The van der Waals surface area contributed by atoms with Gasteiger partial charge in [-0.3, -0.25) is 4.79 Å². The highest BCUT2D eigenvalue weighted by molar-refractivity contribution is 5.69. The molecule has 0 heterocycles. The van der Waals surface area contributed by atoms with E-state index in [0.29, 0.717) is 18.9 Å². The lowest BCUT2D eigenvalue weighted by Gasteiger charge is -2.11. The van der Waals surface area contributed by atoms with Crippen molar-refractivity contribution >= 4 is 5.97 Å². The van der Waals surface area contributed by atoms with Crippen LogP contribution in [0.1, 0.15) is 64.4 Å². The Hall–Kier alpha value is -1.31. The molecule has 20 heavy (non-hydrogen) atoms. The summed E-state index contributed by atoms with van der Waals surface area (Å²) in [4.78, 5) is 11.7. The highest BCUT2D eigenvalue weighted by atomic mass is 16.5. The molecular weight excluding hydrogens is 248 g/mol. The molecule has 112 valence electrons. The van der Waals surface area contributed by atoms with Crippen LogP contribution in [0.3, 0.4) is 0 Å². The van der Waals surface area contributed by atoms with Crippen molar-refractivity contribution in [2.75, 3.05) is 0 Å². The van der Waals surface area contributed by atoms with Crippen LogP contribution in [-0.2, 0) is 16.1 Å². The second-order valence-electron chi connectivity index (χ2n) is 5.66. The molecule has 0 aliphatic rings. The van der Waals surface area contributed by atoms with Gasteiger partial charge in [0.15, 0.2) is 0 Å². The minimum absolute atomic E-state index is 0.0742. The fourth-order valence-electron chi connectivity index (χ4n) is 2.28. The van der Waals surface area contributed by atoms with Crippen LogP contribution in [0.5, 0.6) is 0 Å². The Bertz CT molecular complexity index is 359. The molecule has 0 radical (unpaired) electrons. The first-order valence-electron chi connectivity index (χ1n) is 7.92. The van der Waals surface area contributed by atoms with E-state index in [2.05, 4.69) is 13.8 Å². The van der Waals surface area contributed by atoms with Crippen LogP contribution in [0.2, 0.25) is 0 Å². The molecule has 0 N–H and O–H groups in total. The molecule has 1 aromatic carbocycles. The highest BCUT2D eigenvalue weighted by Crippen LogP contribution is 2.15. The first-order chi connectivity index (χ1) is 9.72. The van der Waals surface area contributed by atoms with Crippen LogP contribution in [0, 0.1) is 5.92 Å². The molecule has 0 aromatic heterocycles. The summed E-state index contributed by atoms with van der Waals surface area (Å²) in [6.07, 6.45) is 8.12. The van der Waals surface area contributed by atoms with Gasteiger partial charge in [-0.2, -0.15) is 0 Å². The molecule has 0 amide bonds. The number of carbonyl (C=O) groups is 1. The van der Waals surface area contributed by atoms with Crippen molar-refractivity contribution in [1.82, 2.24) is 0 Å². The van der Waals surface area contributed by atoms with Crippen molar-refractivity contribution in [3.8, 4) is 0 Å². The molecular formula is C18H28O2. The lowest BCUT2D eigenvalue weighted by molar-refractivity contribution is -0.146. The topological polar surface area (TPSA) is 26.3 Å². The van der Waals surface area contributed by atoms with Crippen molar-refractivity contribution in [3.63, 3.8) is 0 Å². The van der Waals surface area contributed by atoms with Crippen LogP contribution in [0.25, 0.3) is 0 Å². The van der Waals surface area contributed by atoms with Gasteiger partial charge in [-0.1, -0.05) is 82.7 Å². The van der Waals surface area contributed by atoms with Gasteiger partial charge in [-0.05, 0) is 11.5 Å². The molecule has 0 saturated heterocycles. The lowest BCUT2D eigenvalue weighted by atomic mass is 9.99. The summed E-state index contributed by atoms with van der Waals surface area (Å²) in [5.41, 5.74) is 1.05. The zero-order valence-electron chi connectivity index (χ0n) is 12.9. The molecule has 1 atom stereocenters. The number of hydrogen-bond donors (Lipinski definition) is 0. The van der Waals surface area contributed by atoms with Crippen molar-refractivity contribution < 1.29 is 9.53 Å². The number of ether oxygens (including phenoxy) is 1. The molecule has 1 rings (SSSR count). The molecule has 0 aliphatic heterocycles. The van der Waals surface area contributed by atoms with Crippen LogP contribution in [0.15, 0.2) is 30.3 Å². The van der Waals surface area contributed by atoms with E-state index in [1.807, 2.05) is 30.3 Å². The number of esters is 1. The number of unbranched alkanes of at least 4 members (excludes halogenated alkanes) is 4. The van der Waals surface area contributed by atoms with Crippen LogP contribution in [0.4, 0.5) is 0 Å². The summed E-state index contributed by atoms with van der Waals surface area (Å²) in [6.45, 7) is 4.76. The van der Waals surface area contributed by atoms with E-state index < -0.39 is 0 Å². The van der Waals surface area contributed by atoms with Gasteiger partial charge in [-0.15, -0.1) is 0 Å². The van der Waals surface area contributed by atoms with Gasteiger partial charge in [0.25, 0.3) is 0 Å². The van der Waals surface area contributed by atoms with Gasteiger partial charge >= 0.3 is 5.97 Å². The minimum Gasteiger partial charge on any atom is -0.461 e. The van der Waals surface area contributed by atoms with Gasteiger partial charge < -0.3 is 4.74 Å². The van der Waals surface area contributed by atoms with E-state index in [1.165, 1.54) is 32.1 Å². The maximum absolute atomic E-state index is 11.7. The third kappa shape index (κ3) is 7.98. The molecule has 0 unspecified atom stereocenters. The van der Waals surface area contributed by atoms with Crippen molar-refractivity contribution in [2.45, 2.75) is 65.4 Å². The standard InChI is InChI=1S/C18H28O2/c1-3-4-5-6-8-11-16(2)14-18(19)20-15-17-12-9-7-10-13-17/h7,9-10,12-13,16H,3-6,8,11,14-15H2,1-2H3/t16-/m1/s1. The predicted molar refractivity (Wildman–Crippen MR) is 83.4 cm³/mol. The average Bonchev–Trinajstić information content (AvgIpc) is 2.46. The van der Waals surface area contributed by atoms with Crippen molar-refractivity contribution in [3.05, 3.63) is 35.9 Å². The predicted octanol–water partition coefficient (Wildman–Crippen LogP) is 5.12. The van der Waals surface area contributed by atoms with E-state index in [4.69, 9.17) is 4.74 Å². The third-order valence-corrected chi connectivity index (χ3v) is 3.56. The fraction of sp³-hybridized carbons (Fsp3) is 0.611. The van der Waals surface area contributed by atoms with E-state index in [9.17, 15) is 4.79 Å². The minimum atomic E-state index is -0.0742. The summed E-state index contributed by atoms with van der Waals surface area (Å²) in [5, 5.41) is 0. The van der Waals surface area contributed by atoms with E-state index in [0.717, 1.165) is 12.0 Å². The van der Waals surface area contributed by atoms with E-state index in [1.54, 1.807) is 0 Å². The molecule has 2 heteroatoms. The number of benzene rings is 1. The Labute approximate surface area is 123 Å². The zero-order chi connectivity index (χ0) is 14.6. The lowest BCUT2D eigenvalue weighted by Crippen LogP contribution is -2.09. The molecule has 1 aromatic rings. The van der Waals surface area contributed by atoms with Gasteiger partial charge in [0.05, 0.1) is 0 Å². The smallest absolute Gasteiger partial charge is 0.306 e. The first kappa shape index (κ1) is 16.7. The van der Waals surface area contributed by atoms with Crippen LogP contribution >= 0.6 is 0 Å². The molecule has 0 saturated carbocycles. The number of rotatable bonds is 10. The third-order valence-electron chi connectivity index (χ3n) is 3.56. The number of hydrogen-bond acceptors (Lipinski definition) is 2. The Balaban J connectivity index is 2.09. The zero-order valence-corrected chi connectivity index (χ0v) is 12.9. The quantitative estimate of drug-likeness (QED) is 0.438. The van der Waals surface area contributed by atoms with Crippen molar-refractivity contribution in [2.24, 2.45) is 5.92 Å². The SMILES string of the molecule is CCCCCCC[C@@H](C)CC(=O)OCc1ccccc1. The summed E-state index contributed by atoms with van der Waals surface area (Å²) in [6, 6.07) is 9.84. The second-order valence-corrected chi connectivity index (χ2v) is 5.66. The molecule has 0 fully saturated rings. The maximum Gasteiger partial charge on any atom is 0.306 e. The van der Waals surface area contributed by atoms with Crippen LogP contribution < -0.4 is 0 Å². The molecule has 2 nitrogen and oxygen atoms in total.